The third-order valence-corrected chi connectivity index (χ3v) is 4.45. The molecule has 1 aromatic heterocycles. The molecule has 0 aliphatic rings. The molecule has 11 nitrogen and oxygen atoms in total. The van der Waals surface area contributed by atoms with Gasteiger partial charge in [0.15, 0.2) is 5.69 Å². The van der Waals surface area contributed by atoms with Gasteiger partial charge in [-0.3, -0.25) is 19.5 Å². The van der Waals surface area contributed by atoms with E-state index in [0.717, 1.165) is 0 Å². The topological polar surface area (TPSA) is 155 Å². The molecule has 0 aliphatic carbocycles. The molecule has 0 radical (unpaired) electrons. The number of hydrogen-bond donors (Lipinski definition) is 3. The van der Waals surface area contributed by atoms with Crippen LogP contribution < -0.4 is 15.6 Å². The van der Waals surface area contributed by atoms with Crippen LogP contribution in [0.5, 0.6) is 5.75 Å². The van der Waals surface area contributed by atoms with Crippen molar-refractivity contribution in [3.63, 3.8) is 0 Å². The number of carboxylic acids is 1. The Morgan fingerprint density at radius 1 is 1.09 bits per heavy atom. The number of rotatable bonds is 8. The number of aryl methyl sites for hydroxylation is 1. The highest BCUT2D eigenvalue weighted by molar-refractivity contribution is 6.04. The molecule has 1 heterocycles. The molecule has 33 heavy (non-hydrogen) atoms. The van der Waals surface area contributed by atoms with Crippen molar-refractivity contribution in [2.75, 3.05) is 11.9 Å². The molecule has 0 fully saturated rings. The maximum absolute atomic E-state index is 12.6. The number of anilines is 1. The van der Waals surface area contributed by atoms with E-state index in [2.05, 4.69) is 20.6 Å². The van der Waals surface area contributed by atoms with Crippen LogP contribution >= 0.6 is 0 Å². The molecular weight excluding hydrogens is 430 g/mol. The number of azo groups is 1. The van der Waals surface area contributed by atoms with Gasteiger partial charge >= 0.3 is 11.5 Å². The molecule has 0 spiro atoms. The number of aromatic nitrogens is 2. The zero-order valence-electron chi connectivity index (χ0n) is 17.9. The predicted octanol–water partition coefficient (Wildman–Crippen LogP) is 3.67. The van der Waals surface area contributed by atoms with Gasteiger partial charge in [-0.05, 0) is 38.1 Å². The lowest BCUT2D eigenvalue weighted by molar-refractivity contribution is -0.115. The molecule has 0 bridgehead atoms. The maximum atomic E-state index is 12.6. The molecule has 3 aromatic rings. The third-order valence-electron chi connectivity index (χ3n) is 4.45. The van der Waals surface area contributed by atoms with E-state index in [1.54, 1.807) is 37.3 Å². The van der Waals surface area contributed by atoms with Crippen molar-refractivity contribution in [1.82, 2.24) is 9.78 Å². The van der Waals surface area contributed by atoms with E-state index in [4.69, 9.17) is 4.74 Å². The Balaban J connectivity index is 1.77. The zero-order chi connectivity index (χ0) is 24.0. The first-order valence-corrected chi connectivity index (χ1v) is 9.92. The number of aromatic amines is 1. The standard InChI is InChI=1S/C22H21N5O6/c1-3-33-17-11-7-6-10-16(17)23-18(28)12-19(29)27-21(30)20(13(2)26-27)25-24-15-9-5-4-8-14(15)22(31)32/h4-11,26H,3,12H2,1-2H3,(H,23,28)(H,31,32). The van der Waals surface area contributed by atoms with Gasteiger partial charge in [0.1, 0.15) is 17.9 Å². The fourth-order valence-corrected chi connectivity index (χ4v) is 2.94. The number of carbonyl (C=O) groups is 3. The van der Waals surface area contributed by atoms with E-state index >= 15 is 0 Å². The number of aromatic carboxylic acids is 1. The molecule has 3 N–H and O–H groups in total. The number of nitrogens with zero attached hydrogens (tertiary/aromatic N) is 3. The van der Waals surface area contributed by atoms with E-state index < -0.39 is 29.8 Å². The molecule has 2 aromatic carbocycles. The predicted molar refractivity (Wildman–Crippen MR) is 119 cm³/mol. The number of benzene rings is 2. The SMILES string of the molecule is CCOc1ccccc1NC(=O)CC(=O)n1[nH]c(C)c(N=Nc2ccccc2C(=O)O)c1=O. The lowest BCUT2D eigenvalue weighted by Gasteiger charge is -2.10. The number of para-hydroxylation sites is 2. The van der Waals surface area contributed by atoms with Gasteiger partial charge in [0.2, 0.25) is 5.91 Å². The smallest absolute Gasteiger partial charge is 0.337 e. The van der Waals surface area contributed by atoms with E-state index in [-0.39, 0.29) is 22.6 Å². The van der Waals surface area contributed by atoms with Gasteiger partial charge in [0, 0.05) is 0 Å². The minimum absolute atomic E-state index is 0.0511. The highest BCUT2D eigenvalue weighted by atomic mass is 16.5. The van der Waals surface area contributed by atoms with Crippen LogP contribution in [0.3, 0.4) is 0 Å². The monoisotopic (exact) mass is 451 g/mol. The molecule has 11 heteroatoms. The first kappa shape index (κ1) is 23.1. The largest absolute Gasteiger partial charge is 0.492 e. The van der Waals surface area contributed by atoms with Crippen LogP contribution in [-0.2, 0) is 4.79 Å². The van der Waals surface area contributed by atoms with Crippen molar-refractivity contribution in [3.05, 3.63) is 70.1 Å². The fraction of sp³-hybridized carbons (Fsp3) is 0.182. The summed E-state index contributed by atoms with van der Waals surface area (Å²) >= 11 is 0. The average molecular weight is 451 g/mol. The van der Waals surface area contributed by atoms with Gasteiger partial charge in [-0.2, -0.15) is 4.68 Å². The van der Waals surface area contributed by atoms with E-state index in [9.17, 15) is 24.3 Å². The number of ether oxygens (including phenoxy) is 1. The second-order valence-electron chi connectivity index (χ2n) is 6.80. The molecule has 0 saturated heterocycles. The lowest BCUT2D eigenvalue weighted by Crippen LogP contribution is -2.28. The first-order chi connectivity index (χ1) is 15.8. The number of amides is 1. The molecule has 1 amide bonds. The van der Waals surface area contributed by atoms with Crippen molar-refractivity contribution in [3.8, 4) is 5.75 Å². The Morgan fingerprint density at radius 3 is 2.52 bits per heavy atom. The minimum atomic E-state index is -1.19. The molecule has 3 rings (SSSR count). The summed E-state index contributed by atoms with van der Waals surface area (Å²) in [5, 5.41) is 22.0. The summed E-state index contributed by atoms with van der Waals surface area (Å²) in [5.74, 6) is -2.18. The van der Waals surface area contributed by atoms with Crippen LogP contribution in [0.1, 0.15) is 34.2 Å². The Labute approximate surface area is 187 Å². The highest BCUT2D eigenvalue weighted by Crippen LogP contribution is 2.24. The summed E-state index contributed by atoms with van der Waals surface area (Å²) in [6, 6.07) is 12.7. The van der Waals surface area contributed by atoms with Crippen molar-refractivity contribution < 1.29 is 24.2 Å². The summed E-state index contributed by atoms with van der Waals surface area (Å²) in [6.45, 7) is 3.70. The number of nitrogens with one attached hydrogen (secondary N) is 2. The molecular formula is C22H21N5O6. The zero-order valence-corrected chi connectivity index (χ0v) is 17.9. The molecule has 0 atom stereocenters. The van der Waals surface area contributed by atoms with Gasteiger partial charge < -0.3 is 15.2 Å². The summed E-state index contributed by atoms with van der Waals surface area (Å²) in [5.41, 5.74) is -0.391. The highest BCUT2D eigenvalue weighted by Gasteiger charge is 2.20. The van der Waals surface area contributed by atoms with Crippen LogP contribution in [0.4, 0.5) is 17.1 Å². The van der Waals surface area contributed by atoms with E-state index in [1.807, 2.05) is 0 Å². The van der Waals surface area contributed by atoms with Crippen molar-refractivity contribution >= 4 is 34.8 Å². The number of H-pyrrole nitrogens is 1. The van der Waals surface area contributed by atoms with Crippen LogP contribution in [0.15, 0.2) is 63.6 Å². The summed E-state index contributed by atoms with van der Waals surface area (Å²) < 4.78 is 6.10. The normalized spacial score (nSPS) is 10.8. The maximum Gasteiger partial charge on any atom is 0.337 e. The van der Waals surface area contributed by atoms with Gasteiger partial charge in [-0.1, -0.05) is 24.3 Å². The molecule has 0 saturated carbocycles. The molecule has 0 aliphatic heterocycles. The van der Waals surface area contributed by atoms with Crippen LogP contribution in [-0.4, -0.2) is 39.3 Å². The number of hydrogen-bond acceptors (Lipinski definition) is 7. The van der Waals surface area contributed by atoms with Crippen LogP contribution in [0, 0.1) is 6.92 Å². The first-order valence-electron chi connectivity index (χ1n) is 9.92. The van der Waals surface area contributed by atoms with E-state index in [1.165, 1.54) is 25.1 Å². The minimum Gasteiger partial charge on any atom is -0.492 e. The molecule has 0 unspecified atom stereocenters. The van der Waals surface area contributed by atoms with Gasteiger partial charge in [0.05, 0.1) is 23.6 Å². The van der Waals surface area contributed by atoms with Gasteiger partial charge in [-0.25, -0.2) is 4.79 Å². The Bertz CT molecular complexity index is 1290. The van der Waals surface area contributed by atoms with Crippen molar-refractivity contribution in [2.45, 2.75) is 20.3 Å². The lowest BCUT2D eigenvalue weighted by atomic mass is 10.2. The molecule has 170 valence electrons. The summed E-state index contributed by atoms with van der Waals surface area (Å²) in [7, 11) is 0. The summed E-state index contributed by atoms with van der Waals surface area (Å²) in [6.07, 6.45) is -0.612. The fourth-order valence-electron chi connectivity index (χ4n) is 2.94. The number of carboxylic acid groups (broad SMARTS) is 1. The Kier molecular flexibility index (Phi) is 7.13. The quantitative estimate of drug-likeness (QED) is 0.350. The van der Waals surface area contributed by atoms with Crippen molar-refractivity contribution in [2.24, 2.45) is 10.2 Å². The second kappa shape index (κ2) is 10.2. The third kappa shape index (κ3) is 5.39. The average Bonchev–Trinajstić information content (AvgIpc) is 3.07. The van der Waals surface area contributed by atoms with Gasteiger partial charge in [0.25, 0.3) is 5.91 Å². The van der Waals surface area contributed by atoms with Gasteiger partial charge in [-0.15, -0.1) is 10.2 Å². The Hall–Kier alpha value is -4.54. The van der Waals surface area contributed by atoms with Crippen LogP contribution in [0.2, 0.25) is 0 Å². The van der Waals surface area contributed by atoms with Crippen LogP contribution in [0.25, 0.3) is 0 Å². The van der Waals surface area contributed by atoms with Crippen molar-refractivity contribution in [1.29, 1.82) is 0 Å². The van der Waals surface area contributed by atoms with E-state index in [0.29, 0.717) is 22.7 Å². The second-order valence-corrected chi connectivity index (χ2v) is 6.80. The Morgan fingerprint density at radius 2 is 1.79 bits per heavy atom. The summed E-state index contributed by atoms with van der Waals surface area (Å²) in [4.78, 5) is 48.8. The number of carbonyl (C=O) groups excluding carboxylic acids is 2.